The number of rotatable bonds is 5. The van der Waals surface area contributed by atoms with Crippen LogP contribution in [0.1, 0.15) is 52.2 Å². The fourth-order valence-electron chi connectivity index (χ4n) is 4.61. The molecule has 1 saturated carbocycles. The molecule has 1 saturated heterocycles. The van der Waals surface area contributed by atoms with Gasteiger partial charge in [-0.3, -0.25) is 24.5 Å². The van der Waals surface area contributed by atoms with E-state index in [4.69, 9.17) is 0 Å². The third-order valence-electron chi connectivity index (χ3n) is 6.41. The molecular formula is C24H23N3O4. The summed E-state index contributed by atoms with van der Waals surface area (Å²) in [6.07, 6.45) is 1.45. The van der Waals surface area contributed by atoms with Crippen molar-refractivity contribution in [1.82, 2.24) is 15.5 Å². The minimum absolute atomic E-state index is 0.0152. The Balaban J connectivity index is 1.20. The number of nitrogens with one attached hydrogen (secondary N) is 2. The van der Waals surface area contributed by atoms with Crippen molar-refractivity contribution in [3.63, 3.8) is 0 Å². The number of fused-ring (bicyclic) bond motifs is 1. The Hall–Kier alpha value is -3.48. The summed E-state index contributed by atoms with van der Waals surface area (Å²) in [5.74, 6) is -0.544. The van der Waals surface area contributed by atoms with Gasteiger partial charge in [-0.25, -0.2) is 0 Å². The normalized spacial score (nSPS) is 24.6. The Morgan fingerprint density at radius 2 is 1.90 bits per heavy atom. The molecule has 2 aromatic rings. The summed E-state index contributed by atoms with van der Waals surface area (Å²) < 4.78 is 0. The van der Waals surface area contributed by atoms with E-state index in [1.54, 1.807) is 6.07 Å². The average molecular weight is 417 g/mol. The van der Waals surface area contributed by atoms with Crippen LogP contribution in [0.25, 0.3) is 0 Å². The van der Waals surface area contributed by atoms with E-state index in [9.17, 15) is 19.2 Å². The van der Waals surface area contributed by atoms with E-state index in [1.165, 1.54) is 10.5 Å². The molecule has 0 bridgehead atoms. The molecule has 7 heteroatoms. The van der Waals surface area contributed by atoms with Gasteiger partial charge in [0.05, 0.1) is 0 Å². The van der Waals surface area contributed by atoms with Crippen LogP contribution in [0.5, 0.6) is 0 Å². The molecule has 2 N–H and O–H groups in total. The third-order valence-corrected chi connectivity index (χ3v) is 6.41. The highest BCUT2D eigenvalue weighted by atomic mass is 16.2. The summed E-state index contributed by atoms with van der Waals surface area (Å²) in [5.41, 5.74) is 3.54. The highest BCUT2D eigenvalue weighted by Crippen LogP contribution is 2.47. The van der Waals surface area contributed by atoms with Gasteiger partial charge >= 0.3 is 0 Å². The molecule has 7 nitrogen and oxygen atoms in total. The van der Waals surface area contributed by atoms with Crippen molar-refractivity contribution >= 4 is 23.6 Å². The molecule has 158 valence electrons. The summed E-state index contributed by atoms with van der Waals surface area (Å²) in [7, 11) is 0. The predicted octanol–water partition coefficient (Wildman–Crippen LogP) is 1.87. The Labute approximate surface area is 179 Å². The Kier molecular flexibility index (Phi) is 4.81. The molecular weight excluding hydrogens is 394 g/mol. The molecule has 1 aliphatic carbocycles. The van der Waals surface area contributed by atoms with Gasteiger partial charge in [-0.2, -0.15) is 0 Å². The van der Waals surface area contributed by atoms with E-state index < -0.39 is 11.9 Å². The lowest BCUT2D eigenvalue weighted by atomic mass is 10.0. The van der Waals surface area contributed by atoms with E-state index in [-0.39, 0.29) is 30.1 Å². The molecule has 0 aromatic heterocycles. The maximum atomic E-state index is 12.8. The molecule has 3 atom stereocenters. The van der Waals surface area contributed by atoms with Crippen molar-refractivity contribution in [2.45, 2.75) is 44.3 Å². The number of hydrogen-bond acceptors (Lipinski definition) is 4. The van der Waals surface area contributed by atoms with E-state index >= 15 is 0 Å². The van der Waals surface area contributed by atoms with Crippen LogP contribution in [0.15, 0.2) is 48.5 Å². The van der Waals surface area contributed by atoms with Crippen molar-refractivity contribution < 1.29 is 19.2 Å². The first-order chi connectivity index (χ1) is 15.0. The van der Waals surface area contributed by atoms with Crippen LogP contribution in [0.2, 0.25) is 0 Å². The summed E-state index contributed by atoms with van der Waals surface area (Å²) >= 11 is 0. The minimum atomic E-state index is -0.620. The van der Waals surface area contributed by atoms with Crippen LogP contribution in [-0.2, 0) is 27.5 Å². The van der Waals surface area contributed by atoms with Crippen molar-refractivity contribution in [2.75, 3.05) is 0 Å². The van der Waals surface area contributed by atoms with Gasteiger partial charge in [0.2, 0.25) is 17.7 Å². The lowest BCUT2D eigenvalue weighted by molar-refractivity contribution is -0.137. The number of imide groups is 1. The monoisotopic (exact) mass is 417 g/mol. The second-order valence-electron chi connectivity index (χ2n) is 8.47. The first-order valence-corrected chi connectivity index (χ1v) is 10.6. The smallest absolute Gasteiger partial charge is 0.255 e. The van der Waals surface area contributed by atoms with Gasteiger partial charge in [-0.1, -0.05) is 42.5 Å². The highest BCUT2D eigenvalue weighted by Gasteiger charge is 2.43. The number of nitrogens with zero attached hydrogens (tertiary/aromatic N) is 1. The molecule has 5 rings (SSSR count). The lowest BCUT2D eigenvalue weighted by Gasteiger charge is -2.29. The zero-order valence-corrected chi connectivity index (χ0v) is 17.0. The summed E-state index contributed by atoms with van der Waals surface area (Å²) in [5, 5.41) is 5.32. The summed E-state index contributed by atoms with van der Waals surface area (Å²) in [6.45, 7) is 0.734. The zero-order chi connectivity index (χ0) is 21.5. The second-order valence-corrected chi connectivity index (χ2v) is 8.47. The van der Waals surface area contributed by atoms with Crippen LogP contribution in [0, 0.1) is 5.92 Å². The first-order valence-electron chi connectivity index (χ1n) is 10.6. The number of carbonyl (C=O) groups is 4. The highest BCUT2D eigenvalue weighted by molar-refractivity contribution is 6.05. The lowest BCUT2D eigenvalue weighted by Crippen LogP contribution is -2.52. The van der Waals surface area contributed by atoms with Gasteiger partial charge in [0.1, 0.15) is 6.04 Å². The van der Waals surface area contributed by atoms with Crippen molar-refractivity contribution in [3.05, 3.63) is 70.8 Å². The molecule has 31 heavy (non-hydrogen) atoms. The van der Waals surface area contributed by atoms with Crippen molar-refractivity contribution in [1.29, 1.82) is 0 Å². The number of benzene rings is 2. The molecule has 2 fully saturated rings. The predicted molar refractivity (Wildman–Crippen MR) is 112 cm³/mol. The molecule has 0 radical (unpaired) electrons. The largest absolute Gasteiger partial charge is 0.352 e. The van der Waals surface area contributed by atoms with Gasteiger partial charge in [-0.05, 0) is 41.5 Å². The van der Waals surface area contributed by atoms with Gasteiger partial charge in [0.25, 0.3) is 5.91 Å². The summed E-state index contributed by atoms with van der Waals surface area (Å²) in [6, 6.07) is 15.0. The standard InChI is InChI=1S/C24H23N3O4/c28-21-9-8-20(23(30)26-21)27-13-16-10-14(6-7-17(16)24(27)31)12-25-22(29)19-11-18(19)15-4-2-1-3-5-15/h1-7,10,18-20H,8-9,11-13H2,(H,25,29)(H,26,28,30)/t18-,19+,20?/m1/s1. The number of piperidine rings is 1. The van der Waals surface area contributed by atoms with E-state index in [0.29, 0.717) is 31.0 Å². The van der Waals surface area contributed by atoms with E-state index in [1.807, 2.05) is 30.3 Å². The van der Waals surface area contributed by atoms with Crippen molar-refractivity contribution in [3.8, 4) is 0 Å². The molecule has 2 aromatic carbocycles. The number of amides is 4. The van der Waals surface area contributed by atoms with Crippen LogP contribution >= 0.6 is 0 Å². The van der Waals surface area contributed by atoms with Crippen LogP contribution in [-0.4, -0.2) is 34.6 Å². The second kappa shape index (κ2) is 7.65. The van der Waals surface area contributed by atoms with Gasteiger partial charge in [0.15, 0.2) is 0 Å². The fraction of sp³-hybridized carbons (Fsp3) is 0.333. The molecule has 2 heterocycles. The molecule has 2 aliphatic heterocycles. The quantitative estimate of drug-likeness (QED) is 0.726. The van der Waals surface area contributed by atoms with Gasteiger partial charge in [-0.15, -0.1) is 0 Å². The molecule has 1 unspecified atom stereocenters. The Bertz CT molecular complexity index is 1080. The van der Waals surface area contributed by atoms with Crippen LogP contribution < -0.4 is 10.6 Å². The SMILES string of the molecule is O=C1CCC(N2Cc3cc(CNC(=O)[C@H]4C[C@@H]4c4ccccc4)ccc3C2=O)C(=O)N1. The molecule has 4 amide bonds. The maximum absolute atomic E-state index is 12.8. The van der Waals surface area contributed by atoms with Gasteiger partial charge < -0.3 is 10.2 Å². The number of hydrogen-bond donors (Lipinski definition) is 2. The summed E-state index contributed by atoms with van der Waals surface area (Å²) in [4.78, 5) is 50.4. The van der Waals surface area contributed by atoms with E-state index in [0.717, 1.165) is 17.5 Å². The van der Waals surface area contributed by atoms with Crippen LogP contribution in [0.3, 0.4) is 0 Å². The minimum Gasteiger partial charge on any atom is -0.352 e. The van der Waals surface area contributed by atoms with Crippen LogP contribution in [0.4, 0.5) is 0 Å². The maximum Gasteiger partial charge on any atom is 0.255 e. The number of carbonyl (C=O) groups excluding carboxylic acids is 4. The zero-order valence-electron chi connectivity index (χ0n) is 17.0. The van der Waals surface area contributed by atoms with Crippen molar-refractivity contribution in [2.24, 2.45) is 5.92 Å². The van der Waals surface area contributed by atoms with Gasteiger partial charge in [0, 0.05) is 31.0 Å². The Morgan fingerprint density at radius 3 is 2.68 bits per heavy atom. The fourth-order valence-corrected chi connectivity index (χ4v) is 4.61. The topological polar surface area (TPSA) is 95.6 Å². The molecule has 0 spiro atoms. The van der Waals surface area contributed by atoms with E-state index in [2.05, 4.69) is 22.8 Å². The average Bonchev–Trinajstić information content (AvgIpc) is 3.51. The molecule has 3 aliphatic rings. The first kappa shape index (κ1) is 19.5. The third kappa shape index (κ3) is 3.71. The Morgan fingerprint density at radius 1 is 1.10 bits per heavy atom.